The first-order valence-electron chi connectivity index (χ1n) is 11.7. The number of likely N-dealkylation sites (tertiary alicyclic amines) is 1. The number of nitrogens with one attached hydrogen (secondary N) is 3. The molecule has 178 valence electrons. The number of sulfonamides is 1. The van der Waals surface area contributed by atoms with Gasteiger partial charge in [-0.05, 0) is 62.6 Å². The number of hydrogen-bond donors (Lipinski definition) is 3. The number of anilines is 1. The fourth-order valence-corrected chi connectivity index (χ4v) is 5.85. The van der Waals surface area contributed by atoms with Gasteiger partial charge in [-0.2, -0.15) is 0 Å². The van der Waals surface area contributed by atoms with Crippen molar-refractivity contribution in [2.24, 2.45) is 5.92 Å². The van der Waals surface area contributed by atoms with Gasteiger partial charge in [0, 0.05) is 32.6 Å². The molecular formula is C23H36N4O4S. The highest BCUT2D eigenvalue weighted by molar-refractivity contribution is 7.89. The molecule has 0 atom stereocenters. The average Bonchev–Trinajstić information content (AvgIpc) is 2.75. The molecule has 1 aliphatic carbocycles. The molecule has 8 nitrogen and oxygen atoms in total. The summed E-state index contributed by atoms with van der Waals surface area (Å²) in [6, 6.07) is 5.30. The Morgan fingerprint density at radius 1 is 1.06 bits per heavy atom. The van der Waals surface area contributed by atoms with E-state index in [0.29, 0.717) is 31.6 Å². The fraction of sp³-hybridized carbons (Fsp3) is 0.652. The molecule has 0 radical (unpaired) electrons. The summed E-state index contributed by atoms with van der Waals surface area (Å²) in [6.07, 6.45) is 8.27. The Balaban J connectivity index is 1.45. The van der Waals surface area contributed by atoms with Gasteiger partial charge in [-0.15, -0.1) is 0 Å². The lowest BCUT2D eigenvalue weighted by molar-refractivity contribution is -0.114. The minimum Gasteiger partial charge on any atom is -0.335 e. The Labute approximate surface area is 191 Å². The number of hydrogen-bond acceptors (Lipinski definition) is 4. The van der Waals surface area contributed by atoms with Crippen LogP contribution >= 0.6 is 0 Å². The first-order valence-corrected chi connectivity index (χ1v) is 13.2. The topological polar surface area (TPSA) is 108 Å². The number of rotatable bonds is 7. The van der Waals surface area contributed by atoms with Gasteiger partial charge in [-0.25, -0.2) is 17.9 Å². The van der Waals surface area contributed by atoms with Gasteiger partial charge >= 0.3 is 6.03 Å². The van der Waals surface area contributed by atoms with Crippen molar-refractivity contribution in [3.63, 3.8) is 0 Å². The predicted molar refractivity (Wildman–Crippen MR) is 125 cm³/mol. The maximum Gasteiger partial charge on any atom is 0.317 e. The van der Waals surface area contributed by atoms with Crippen molar-refractivity contribution in [3.05, 3.63) is 23.8 Å². The summed E-state index contributed by atoms with van der Waals surface area (Å²) < 4.78 is 28.4. The number of urea groups is 1. The molecule has 2 fully saturated rings. The first kappa shape index (κ1) is 24.5. The number of nitrogens with zero attached hydrogens (tertiary/aromatic N) is 1. The SMILES string of the molecule is CC(=O)Nc1ccc(C)cc1S(=O)(=O)NCCC1CCN(C(=O)NC2CCCCC2)CC1. The third kappa shape index (κ3) is 6.93. The smallest absolute Gasteiger partial charge is 0.317 e. The zero-order valence-electron chi connectivity index (χ0n) is 19.2. The molecule has 1 aliphatic heterocycles. The van der Waals surface area contributed by atoms with Crippen molar-refractivity contribution in [2.75, 3.05) is 25.0 Å². The Morgan fingerprint density at radius 2 is 1.75 bits per heavy atom. The van der Waals surface area contributed by atoms with E-state index < -0.39 is 10.0 Å². The molecule has 32 heavy (non-hydrogen) atoms. The van der Waals surface area contributed by atoms with E-state index >= 15 is 0 Å². The van der Waals surface area contributed by atoms with Crippen LogP contribution in [-0.2, 0) is 14.8 Å². The quantitative estimate of drug-likeness (QED) is 0.575. The molecule has 1 aromatic rings. The third-order valence-corrected chi connectivity index (χ3v) is 7.92. The summed E-state index contributed by atoms with van der Waals surface area (Å²) in [4.78, 5) is 25.9. The Morgan fingerprint density at radius 3 is 2.41 bits per heavy atom. The summed E-state index contributed by atoms with van der Waals surface area (Å²) in [5.74, 6) is 0.0633. The van der Waals surface area contributed by atoms with Crippen LogP contribution in [0.15, 0.2) is 23.1 Å². The molecule has 0 unspecified atom stereocenters. The lowest BCUT2D eigenvalue weighted by Gasteiger charge is -2.34. The van der Waals surface area contributed by atoms with Gasteiger partial charge in [-0.3, -0.25) is 4.79 Å². The number of aryl methyl sites for hydroxylation is 1. The Kier molecular flexibility index (Phi) is 8.53. The van der Waals surface area contributed by atoms with E-state index in [9.17, 15) is 18.0 Å². The number of carbonyl (C=O) groups is 2. The van der Waals surface area contributed by atoms with E-state index in [2.05, 4.69) is 15.4 Å². The molecule has 0 spiro atoms. The number of piperidine rings is 1. The Hall–Kier alpha value is -2.13. The van der Waals surface area contributed by atoms with Crippen LogP contribution in [0.4, 0.5) is 10.5 Å². The number of carbonyl (C=O) groups excluding carboxylic acids is 2. The normalized spacial score (nSPS) is 18.4. The van der Waals surface area contributed by atoms with Gasteiger partial charge in [0.2, 0.25) is 15.9 Å². The van der Waals surface area contributed by atoms with Crippen LogP contribution < -0.4 is 15.4 Å². The van der Waals surface area contributed by atoms with E-state index in [4.69, 9.17) is 0 Å². The van der Waals surface area contributed by atoms with E-state index in [1.54, 1.807) is 18.2 Å². The molecule has 1 saturated heterocycles. The largest absolute Gasteiger partial charge is 0.335 e. The summed E-state index contributed by atoms with van der Waals surface area (Å²) in [6.45, 7) is 4.91. The highest BCUT2D eigenvalue weighted by atomic mass is 32.2. The van der Waals surface area contributed by atoms with Gasteiger partial charge in [0.05, 0.1) is 5.69 Å². The van der Waals surface area contributed by atoms with Crippen molar-refractivity contribution < 1.29 is 18.0 Å². The molecule has 1 heterocycles. The van der Waals surface area contributed by atoms with Gasteiger partial charge < -0.3 is 15.5 Å². The minimum absolute atomic E-state index is 0.0426. The van der Waals surface area contributed by atoms with Crippen LogP contribution in [0.1, 0.15) is 63.9 Å². The molecular weight excluding hydrogens is 428 g/mol. The summed E-state index contributed by atoms with van der Waals surface area (Å²) in [5, 5.41) is 5.76. The van der Waals surface area contributed by atoms with Crippen molar-refractivity contribution in [1.82, 2.24) is 14.9 Å². The molecule has 0 bridgehead atoms. The van der Waals surface area contributed by atoms with E-state index in [0.717, 1.165) is 37.7 Å². The second kappa shape index (κ2) is 11.1. The van der Waals surface area contributed by atoms with Crippen LogP contribution in [0.3, 0.4) is 0 Å². The summed E-state index contributed by atoms with van der Waals surface area (Å²) >= 11 is 0. The third-order valence-electron chi connectivity index (χ3n) is 6.42. The lowest BCUT2D eigenvalue weighted by atomic mass is 9.93. The van der Waals surface area contributed by atoms with Crippen molar-refractivity contribution >= 4 is 27.6 Å². The molecule has 2 aliphatic rings. The zero-order valence-corrected chi connectivity index (χ0v) is 20.0. The maximum absolute atomic E-state index is 12.8. The van der Waals surface area contributed by atoms with Crippen LogP contribution in [0.25, 0.3) is 0 Å². The first-order chi connectivity index (χ1) is 15.2. The molecule has 1 aromatic carbocycles. The lowest BCUT2D eigenvalue weighted by Crippen LogP contribution is -2.48. The van der Waals surface area contributed by atoms with Crippen LogP contribution in [0.2, 0.25) is 0 Å². The molecule has 3 N–H and O–H groups in total. The van der Waals surface area contributed by atoms with Crippen molar-refractivity contribution in [3.8, 4) is 0 Å². The molecule has 1 saturated carbocycles. The number of amides is 3. The second-order valence-corrected chi connectivity index (χ2v) is 10.8. The number of benzene rings is 1. The fourth-order valence-electron chi connectivity index (χ4n) is 4.56. The monoisotopic (exact) mass is 464 g/mol. The molecule has 9 heteroatoms. The van der Waals surface area contributed by atoms with Gasteiger partial charge in [0.1, 0.15) is 4.90 Å². The van der Waals surface area contributed by atoms with Crippen LogP contribution in [0.5, 0.6) is 0 Å². The van der Waals surface area contributed by atoms with E-state index in [1.807, 2.05) is 11.8 Å². The van der Waals surface area contributed by atoms with Gasteiger partial charge in [0.25, 0.3) is 0 Å². The van der Waals surface area contributed by atoms with E-state index in [-0.39, 0.29) is 22.5 Å². The Bertz CT molecular complexity index is 905. The second-order valence-electron chi connectivity index (χ2n) is 9.08. The van der Waals surface area contributed by atoms with Gasteiger partial charge in [-0.1, -0.05) is 25.3 Å². The molecule has 0 aromatic heterocycles. The van der Waals surface area contributed by atoms with Crippen LogP contribution in [-0.4, -0.2) is 50.9 Å². The van der Waals surface area contributed by atoms with Crippen LogP contribution in [0, 0.1) is 12.8 Å². The molecule has 3 amide bonds. The highest BCUT2D eigenvalue weighted by Crippen LogP contribution is 2.24. The average molecular weight is 465 g/mol. The van der Waals surface area contributed by atoms with E-state index in [1.165, 1.54) is 26.2 Å². The zero-order chi connectivity index (χ0) is 23.1. The standard InChI is InChI=1S/C23H36N4O4S/c1-17-8-9-21(25-18(2)28)22(16-17)32(30,31)24-13-10-19-11-14-27(15-12-19)23(29)26-20-6-4-3-5-7-20/h8-9,16,19-20,24H,3-7,10-15H2,1-2H3,(H,25,28)(H,26,29). The maximum atomic E-state index is 12.8. The molecule has 3 rings (SSSR count). The van der Waals surface area contributed by atoms with Crippen molar-refractivity contribution in [1.29, 1.82) is 0 Å². The summed E-state index contributed by atoms with van der Waals surface area (Å²) in [5.41, 5.74) is 1.09. The summed E-state index contributed by atoms with van der Waals surface area (Å²) in [7, 11) is -3.74. The highest BCUT2D eigenvalue weighted by Gasteiger charge is 2.26. The minimum atomic E-state index is -3.74. The van der Waals surface area contributed by atoms with Crippen molar-refractivity contribution in [2.45, 2.75) is 76.2 Å². The van der Waals surface area contributed by atoms with Gasteiger partial charge in [0.15, 0.2) is 0 Å². The predicted octanol–water partition coefficient (Wildman–Crippen LogP) is 3.38.